The van der Waals surface area contributed by atoms with Crippen molar-refractivity contribution in [2.75, 3.05) is 6.54 Å². The minimum Gasteiger partial charge on any atom is -0.351 e. The number of nitriles is 1. The summed E-state index contributed by atoms with van der Waals surface area (Å²) < 4.78 is 1.73. The molecule has 3 N–H and O–H groups in total. The molecule has 1 fully saturated rings. The van der Waals surface area contributed by atoms with Crippen LogP contribution in [0.3, 0.4) is 0 Å². The molecule has 3 amide bonds. The van der Waals surface area contributed by atoms with Gasteiger partial charge in [-0.2, -0.15) is 10.4 Å². The van der Waals surface area contributed by atoms with E-state index in [9.17, 15) is 14.9 Å². The number of amides is 3. The van der Waals surface area contributed by atoms with E-state index in [0.717, 1.165) is 19.3 Å². The maximum absolute atomic E-state index is 13.4. The molecule has 10 heteroatoms. The minimum absolute atomic E-state index is 0.178. The fraction of sp³-hybridized carbons (Fsp3) is 0.400. The number of aromatic nitrogens is 2. The van der Waals surface area contributed by atoms with Gasteiger partial charge in [0.05, 0.1) is 52.4 Å². The van der Waals surface area contributed by atoms with Crippen LogP contribution < -0.4 is 11.1 Å². The van der Waals surface area contributed by atoms with E-state index in [1.54, 1.807) is 22.9 Å². The fourth-order valence-corrected chi connectivity index (χ4v) is 4.29. The van der Waals surface area contributed by atoms with E-state index in [4.69, 9.17) is 28.9 Å². The molecule has 0 atom stereocenters. The first-order valence-corrected chi connectivity index (χ1v) is 10.4. The first kappa shape index (κ1) is 20.5. The number of benzene rings is 1. The van der Waals surface area contributed by atoms with E-state index in [1.165, 1.54) is 4.90 Å². The number of primary amides is 1. The third kappa shape index (κ3) is 3.59. The molecule has 1 saturated carbocycles. The molecule has 156 valence electrons. The number of rotatable bonds is 4. The molecule has 0 spiro atoms. The standard InChI is InChI=1S/C20H20Cl2N6O2/c21-13-3-2-12(10-14(13)22)17-16(18(29)25-20(6-7-23)4-1-5-20)15-11-27(19(24)30)8-9-28(15)26-17/h2-3,10H,1,4-6,8-9,11H2,(H2,24,30)(H,25,29). The third-order valence-electron chi connectivity index (χ3n) is 5.82. The molecule has 0 radical (unpaired) electrons. The predicted octanol–water partition coefficient (Wildman–Crippen LogP) is 3.32. The first-order valence-electron chi connectivity index (χ1n) is 9.62. The Hall–Kier alpha value is -2.76. The normalized spacial score (nSPS) is 16.9. The average molecular weight is 447 g/mol. The molecular formula is C20H20Cl2N6O2. The van der Waals surface area contributed by atoms with Crippen LogP contribution in [0.5, 0.6) is 0 Å². The molecule has 1 aliphatic carbocycles. The highest BCUT2D eigenvalue weighted by Crippen LogP contribution is 2.37. The Morgan fingerprint density at radius 3 is 2.63 bits per heavy atom. The minimum atomic E-state index is -0.551. The molecule has 8 nitrogen and oxygen atoms in total. The number of halogens is 2. The van der Waals surface area contributed by atoms with Gasteiger partial charge in [-0.25, -0.2) is 4.79 Å². The molecule has 1 aromatic carbocycles. The van der Waals surface area contributed by atoms with E-state index in [0.29, 0.717) is 45.6 Å². The monoisotopic (exact) mass is 446 g/mol. The van der Waals surface area contributed by atoms with Gasteiger partial charge in [0.2, 0.25) is 0 Å². The second-order valence-corrected chi connectivity index (χ2v) is 8.52. The fourth-order valence-electron chi connectivity index (χ4n) is 3.99. The lowest BCUT2D eigenvalue weighted by molar-refractivity contribution is 0.0830. The van der Waals surface area contributed by atoms with Crippen LogP contribution in [0.1, 0.15) is 41.7 Å². The molecule has 30 heavy (non-hydrogen) atoms. The molecule has 2 aromatic rings. The van der Waals surface area contributed by atoms with Crippen molar-refractivity contribution in [3.05, 3.63) is 39.5 Å². The molecule has 2 aliphatic rings. The Labute approximate surface area is 183 Å². The Balaban J connectivity index is 1.79. The van der Waals surface area contributed by atoms with Gasteiger partial charge in [-0.15, -0.1) is 0 Å². The second kappa shape index (κ2) is 7.82. The molecular weight excluding hydrogens is 427 g/mol. The van der Waals surface area contributed by atoms with Crippen LogP contribution in [0.2, 0.25) is 10.0 Å². The van der Waals surface area contributed by atoms with E-state index >= 15 is 0 Å². The van der Waals surface area contributed by atoms with Gasteiger partial charge in [0.15, 0.2) is 0 Å². The van der Waals surface area contributed by atoms with Crippen molar-refractivity contribution in [3.8, 4) is 17.3 Å². The zero-order chi connectivity index (χ0) is 21.5. The predicted molar refractivity (Wildman–Crippen MR) is 112 cm³/mol. The summed E-state index contributed by atoms with van der Waals surface area (Å²) in [7, 11) is 0. The van der Waals surface area contributed by atoms with Gasteiger partial charge < -0.3 is 16.0 Å². The summed E-state index contributed by atoms with van der Waals surface area (Å²) in [5, 5.41) is 17.6. The summed E-state index contributed by atoms with van der Waals surface area (Å²) >= 11 is 12.2. The molecule has 0 saturated heterocycles. The number of fused-ring (bicyclic) bond motifs is 1. The topological polar surface area (TPSA) is 117 Å². The van der Waals surface area contributed by atoms with Crippen LogP contribution in [-0.4, -0.2) is 38.7 Å². The number of hydrogen-bond donors (Lipinski definition) is 2. The van der Waals surface area contributed by atoms with Gasteiger partial charge in [0, 0.05) is 12.1 Å². The van der Waals surface area contributed by atoms with Crippen LogP contribution in [0.25, 0.3) is 11.3 Å². The van der Waals surface area contributed by atoms with Crippen molar-refractivity contribution in [1.29, 1.82) is 5.26 Å². The van der Waals surface area contributed by atoms with Gasteiger partial charge in [0.1, 0.15) is 5.69 Å². The second-order valence-electron chi connectivity index (χ2n) is 7.71. The smallest absolute Gasteiger partial charge is 0.315 e. The molecule has 0 bridgehead atoms. The summed E-state index contributed by atoms with van der Waals surface area (Å²) in [5.74, 6) is -0.321. The zero-order valence-electron chi connectivity index (χ0n) is 16.1. The number of nitrogens with two attached hydrogens (primary N) is 1. The largest absolute Gasteiger partial charge is 0.351 e. The average Bonchev–Trinajstić information content (AvgIpc) is 3.07. The molecule has 4 rings (SSSR count). The summed E-state index contributed by atoms with van der Waals surface area (Å²) in [6.07, 6.45) is 2.72. The van der Waals surface area contributed by atoms with Gasteiger partial charge in [-0.05, 0) is 31.4 Å². The van der Waals surface area contributed by atoms with E-state index in [1.807, 2.05) is 0 Å². The summed E-state index contributed by atoms with van der Waals surface area (Å²) in [6, 6.07) is 6.68. The highest BCUT2D eigenvalue weighted by Gasteiger charge is 2.40. The number of carbonyl (C=O) groups is 2. The number of nitrogens with one attached hydrogen (secondary N) is 1. The summed E-state index contributed by atoms with van der Waals surface area (Å²) in [4.78, 5) is 26.6. The Morgan fingerprint density at radius 1 is 1.27 bits per heavy atom. The lowest BCUT2D eigenvalue weighted by Gasteiger charge is -2.41. The van der Waals surface area contributed by atoms with Crippen LogP contribution in [0.15, 0.2) is 18.2 Å². The van der Waals surface area contributed by atoms with Crippen molar-refractivity contribution in [2.45, 2.75) is 44.3 Å². The van der Waals surface area contributed by atoms with Crippen LogP contribution in [0.4, 0.5) is 4.79 Å². The number of urea groups is 1. The van der Waals surface area contributed by atoms with Gasteiger partial charge in [0.25, 0.3) is 5.91 Å². The maximum Gasteiger partial charge on any atom is 0.315 e. The van der Waals surface area contributed by atoms with Crippen molar-refractivity contribution in [1.82, 2.24) is 20.0 Å². The van der Waals surface area contributed by atoms with E-state index in [2.05, 4.69) is 16.5 Å². The van der Waals surface area contributed by atoms with Crippen molar-refractivity contribution in [3.63, 3.8) is 0 Å². The number of nitrogens with zero attached hydrogens (tertiary/aromatic N) is 4. The van der Waals surface area contributed by atoms with Crippen molar-refractivity contribution < 1.29 is 9.59 Å². The molecule has 1 aliphatic heterocycles. The first-order chi connectivity index (χ1) is 14.3. The maximum atomic E-state index is 13.4. The number of carbonyl (C=O) groups excluding carboxylic acids is 2. The Kier molecular flexibility index (Phi) is 5.35. The molecule has 2 heterocycles. The molecule has 0 unspecified atom stereocenters. The Morgan fingerprint density at radius 2 is 2.03 bits per heavy atom. The van der Waals surface area contributed by atoms with E-state index < -0.39 is 11.6 Å². The summed E-state index contributed by atoms with van der Waals surface area (Å²) in [6.45, 7) is 1.01. The van der Waals surface area contributed by atoms with Crippen molar-refractivity contribution in [2.24, 2.45) is 5.73 Å². The van der Waals surface area contributed by atoms with E-state index in [-0.39, 0.29) is 18.9 Å². The quantitative estimate of drug-likeness (QED) is 0.748. The lowest BCUT2D eigenvalue weighted by atomic mass is 9.74. The van der Waals surface area contributed by atoms with Crippen LogP contribution >= 0.6 is 23.2 Å². The SMILES string of the molecule is N#CCC1(NC(=O)c2c(-c3ccc(Cl)c(Cl)c3)nn3c2CN(C(N)=O)CC3)CCC1. The van der Waals surface area contributed by atoms with Crippen LogP contribution in [-0.2, 0) is 13.1 Å². The third-order valence-corrected chi connectivity index (χ3v) is 6.56. The summed E-state index contributed by atoms with van der Waals surface area (Å²) in [5.41, 5.74) is 7.01. The van der Waals surface area contributed by atoms with Gasteiger partial charge in [-0.3, -0.25) is 9.48 Å². The van der Waals surface area contributed by atoms with Crippen molar-refractivity contribution >= 4 is 35.1 Å². The Bertz CT molecular complexity index is 1070. The lowest BCUT2D eigenvalue weighted by Crippen LogP contribution is -2.53. The molecule has 1 aromatic heterocycles. The number of hydrogen-bond acceptors (Lipinski definition) is 4. The van der Waals surface area contributed by atoms with Gasteiger partial charge in [-0.1, -0.05) is 29.3 Å². The zero-order valence-corrected chi connectivity index (χ0v) is 17.6. The highest BCUT2D eigenvalue weighted by molar-refractivity contribution is 6.42. The van der Waals surface area contributed by atoms with Crippen LogP contribution in [0, 0.1) is 11.3 Å². The highest BCUT2D eigenvalue weighted by atomic mass is 35.5. The van der Waals surface area contributed by atoms with Gasteiger partial charge >= 0.3 is 6.03 Å².